The average molecular weight is 316 g/mol. The van der Waals surface area contributed by atoms with Gasteiger partial charge in [-0.25, -0.2) is 0 Å². The van der Waals surface area contributed by atoms with Gasteiger partial charge in [0.15, 0.2) is 0 Å². The summed E-state index contributed by atoms with van der Waals surface area (Å²) >= 11 is 9.25. The highest BCUT2D eigenvalue weighted by Crippen LogP contribution is 2.28. The molecule has 0 heterocycles. The van der Waals surface area contributed by atoms with Crippen molar-refractivity contribution in [2.75, 3.05) is 5.32 Å². The van der Waals surface area contributed by atoms with Crippen molar-refractivity contribution in [1.29, 1.82) is 5.26 Å². The number of nitriles is 1. The van der Waals surface area contributed by atoms with Crippen LogP contribution in [-0.2, 0) is 4.79 Å². The van der Waals surface area contributed by atoms with Crippen LogP contribution in [0.2, 0.25) is 5.02 Å². The minimum Gasteiger partial charge on any atom is -0.323 e. The maximum atomic E-state index is 12.0. The second kappa shape index (κ2) is 5.52. The zero-order valence-electron chi connectivity index (χ0n) is 9.55. The van der Waals surface area contributed by atoms with Crippen molar-refractivity contribution in [3.05, 3.63) is 27.7 Å². The van der Waals surface area contributed by atoms with Crippen LogP contribution >= 0.6 is 27.5 Å². The predicted molar refractivity (Wildman–Crippen MR) is 71.8 cm³/mol. The third kappa shape index (κ3) is 3.21. The number of rotatable bonds is 3. The number of carbonyl (C=O) groups excluding carboxylic acids is 1. The van der Waals surface area contributed by atoms with Crippen LogP contribution < -0.4 is 5.32 Å². The van der Waals surface area contributed by atoms with Crippen LogP contribution in [-0.4, -0.2) is 5.91 Å². The van der Waals surface area contributed by atoms with Crippen molar-refractivity contribution in [3.8, 4) is 6.07 Å². The van der Waals surface area contributed by atoms with Crippen LogP contribution in [0.3, 0.4) is 0 Å². The molecular weight excluding hydrogens is 304 g/mol. The minimum atomic E-state index is -1.04. The van der Waals surface area contributed by atoms with Gasteiger partial charge >= 0.3 is 0 Å². The molecule has 0 aliphatic rings. The van der Waals surface area contributed by atoms with Crippen molar-refractivity contribution in [2.45, 2.75) is 20.3 Å². The molecule has 17 heavy (non-hydrogen) atoms. The van der Waals surface area contributed by atoms with Crippen LogP contribution in [0.15, 0.2) is 22.7 Å². The van der Waals surface area contributed by atoms with Gasteiger partial charge in [0.25, 0.3) is 0 Å². The molecule has 1 aromatic rings. The number of amides is 1. The van der Waals surface area contributed by atoms with E-state index in [1.54, 1.807) is 32.0 Å². The van der Waals surface area contributed by atoms with E-state index in [1.807, 2.05) is 6.07 Å². The van der Waals surface area contributed by atoms with E-state index in [0.717, 1.165) is 4.47 Å². The number of nitrogens with one attached hydrogen (secondary N) is 1. The first-order valence-electron chi connectivity index (χ1n) is 5.10. The van der Waals surface area contributed by atoms with E-state index >= 15 is 0 Å². The Kier molecular flexibility index (Phi) is 4.55. The molecule has 0 fully saturated rings. The SMILES string of the molecule is CCC(C)(C#N)C(=O)Nc1cc(Br)ccc1Cl. The molecule has 0 aromatic heterocycles. The molecule has 5 heteroatoms. The number of halogens is 2. The van der Waals surface area contributed by atoms with Crippen LogP contribution in [0.5, 0.6) is 0 Å². The summed E-state index contributed by atoms with van der Waals surface area (Å²) in [7, 11) is 0. The lowest BCUT2D eigenvalue weighted by atomic mass is 9.88. The molecule has 1 unspecified atom stereocenters. The molecule has 1 atom stereocenters. The molecule has 0 aliphatic carbocycles. The lowest BCUT2D eigenvalue weighted by Gasteiger charge is -2.19. The summed E-state index contributed by atoms with van der Waals surface area (Å²) in [5.41, 5.74) is -0.535. The second-order valence-electron chi connectivity index (χ2n) is 3.88. The smallest absolute Gasteiger partial charge is 0.244 e. The van der Waals surface area contributed by atoms with Gasteiger partial charge in [-0.1, -0.05) is 34.5 Å². The first-order chi connectivity index (χ1) is 7.92. The molecule has 0 saturated carbocycles. The van der Waals surface area contributed by atoms with Gasteiger partial charge in [0.05, 0.1) is 16.8 Å². The van der Waals surface area contributed by atoms with Gasteiger partial charge in [0, 0.05) is 4.47 Å². The van der Waals surface area contributed by atoms with Crippen molar-refractivity contribution in [3.63, 3.8) is 0 Å². The van der Waals surface area contributed by atoms with E-state index in [0.29, 0.717) is 17.1 Å². The topological polar surface area (TPSA) is 52.9 Å². The molecule has 0 spiro atoms. The fourth-order valence-corrected chi connectivity index (χ4v) is 1.67. The molecule has 0 radical (unpaired) electrons. The van der Waals surface area contributed by atoms with Crippen molar-refractivity contribution < 1.29 is 4.79 Å². The standard InChI is InChI=1S/C12H12BrClN2O/c1-3-12(2,7-15)11(17)16-10-6-8(13)4-5-9(10)14/h4-6H,3H2,1-2H3,(H,16,17). The van der Waals surface area contributed by atoms with E-state index in [-0.39, 0.29) is 5.91 Å². The number of benzene rings is 1. The molecule has 1 aromatic carbocycles. The molecule has 0 saturated heterocycles. The van der Waals surface area contributed by atoms with Gasteiger partial charge in [-0.2, -0.15) is 5.26 Å². The summed E-state index contributed by atoms with van der Waals surface area (Å²) in [6.45, 7) is 3.40. The largest absolute Gasteiger partial charge is 0.323 e. The summed E-state index contributed by atoms with van der Waals surface area (Å²) in [6, 6.07) is 7.17. The van der Waals surface area contributed by atoms with Crippen molar-refractivity contribution in [2.24, 2.45) is 5.41 Å². The molecular formula is C12H12BrClN2O. The first-order valence-corrected chi connectivity index (χ1v) is 6.28. The maximum Gasteiger partial charge on any atom is 0.244 e. The molecule has 1 N–H and O–H groups in total. The van der Waals surface area contributed by atoms with Crippen LogP contribution in [0.1, 0.15) is 20.3 Å². The Morgan fingerprint density at radius 2 is 2.29 bits per heavy atom. The fraction of sp³-hybridized carbons (Fsp3) is 0.333. The summed E-state index contributed by atoms with van der Waals surface area (Å²) in [6.07, 6.45) is 0.445. The van der Waals surface area contributed by atoms with Crippen LogP contribution in [0, 0.1) is 16.7 Å². The molecule has 1 amide bonds. The third-order valence-corrected chi connectivity index (χ3v) is 3.45. The average Bonchev–Trinajstić information content (AvgIpc) is 2.32. The number of nitrogens with zero attached hydrogens (tertiary/aromatic N) is 1. The summed E-state index contributed by atoms with van der Waals surface area (Å²) in [5.74, 6) is -0.345. The monoisotopic (exact) mass is 314 g/mol. The molecule has 0 aliphatic heterocycles. The van der Waals surface area contributed by atoms with E-state index in [2.05, 4.69) is 21.2 Å². The number of hydrogen-bond donors (Lipinski definition) is 1. The quantitative estimate of drug-likeness (QED) is 0.917. The summed E-state index contributed by atoms with van der Waals surface area (Å²) < 4.78 is 0.812. The Labute approximate surface area is 114 Å². The lowest BCUT2D eigenvalue weighted by molar-refractivity contribution is -0.122. The van der Waals surface area contributed by atoms with Crippen molar-refractivity contribution >= 4 is 39.1 Å². The van der Waals surface area contributed by atoms with Gasteiger partial charge in [0.2, 0.25) is 5.91 Å². The molecule has 90 valence electrons. The van der Waals surface area contributed by atoms with Gasteiger partial charge < -0.3 is 5.32 Å². The Morgan fingerprint density at radius 3 is 2.82 bits per heavy atom. The fourth-order valence-electron chi connectivity index (χ4n) is 1.14. The Balaban J connectivity index is 2.96. The number of hydrogen-bond acceptors (Lipinski definition) is 2. The number of anilines is 1. The Morgan fingerprint density at radius 1 is 1.65 bits per heavy atom. The number of carbonyl (C=O) groups is 1. The molecule has 0 bridgehead atoms. The third-order valence-electron chi connectivity index (χ3n) is 2.63. The minimum absolute atomic E-state index is 0.345. The second-order valence-corrected chi connectivity index (χ2v) is 5.20. The predicted octanol–water partition coefficient (Wildman–Crippen LogP) is 3.98. The van der Waals surface area contributed by atoms with Crippen LogP contribution in [0.4, 0.5) is 5.69 Å². The van der Waals surface area contributed by atoms with Gasteiger partial charge in [0.1, 0.15) is 5.41 Å². The maximum absolute atomic E-state index is 12.0. The van der Waals surface area contributed by atoms with E-state index < -0.39 is 5.41 Å². The highest BCUT2D eigenvalue weighted by atomic mass is 79.9. The Hall–Kier alpha value is -1.05. The van der Waals surface area contributed by atoms with Gasteiger partial charge in [-0.15, -0.1) is 0 Å². The lowest BCUT2D eigenvalue weighted by Crippen LogP contribution is -2.31. The zero-order valence-corrected chi connectivity index (χ0v) is 11.9. The first kappa shape index (κ1) is 14.0. The molecule has 3 nitrogen and oxygen atoms in total. The highest BCUT2D eigenvalue weighted by Gasteiger charge is 2.31. The Bertz CT molecular complexity index is 484. The van der Waals surface area contributed by atoms with Crippen molar-refractivity contribution in [1.82, 2.24) is 0 Å². The van der Waals surface area contributed by atoms with E-state index in [9.17, 15) is 4.79 Å². The van der Waals surface area contributed by atoms with Gasteiger partial charge in [-0.3, -0.25) is 4.79 Å². The van der Waals surface area contributed by atoms with Crippen LogP contribution in [0.25, 0.3) is 0 Å². The molecule has 1 rings (SSSR count). The highest BCUT2D eigenvalue weighted by molar-refractivity contribution is 9.10. The summed E-state index contributed by atoms with van der Waals surface area (Å²) in [5, 5.41) is 12.1. The van der Waals surface area contributed by atoms with E-state index in [1.165, 1.54) is 0 Å². The van der Waals surface area contributed by atoms with E-state index in [4.69, 9.17) is 16.9 Å². The summed E-state index contributed by atoms with van der Waals surface area (Å²) in [4.78, 5) is 12.0. The zero-order chi connectivity index (χ0) is 13.1. The normalized spacial score (nSPS) is 13.6. The van der Waals surface area contributed by atoms with Gasteiger partial charge in [-0.05, 0) is 31.5 Å².